The third kappa shape index (κ3) is 5.73. The van der Waals surface area contributed by atoms with Crippen molar-refractivity contribution in [3.8, 4) is 0 Å². The second-order valence-electron chi connectivity index (χ2n) is 8.00. The predicted molar refractivity (Wildman–Crippen MR) is 113 cm³/mol. The van der Waals surface area contributed by atoms with Gasteiger partial charge >= 0.3 is 6.03 Å². The Hall–Kier alpha value is -2.54. The number of nitrogens with zero attached hydrogens (tertiary/aromatic N) is 3. The first-order valence-electron chi connectivity index (χ1n) is 9.15. The van der Waals surface area contributed by atoms with Gasteiger partial charge in [0.25, 0.3) is 0 Å². The smallest absolute Gasteiger partial charge is 0.313 e. The predicted octanol–water partition coefficient (Wildman–Crippen LogP) is 4.25. The Morgan fingerprint density at radius 1 is 1.21 bits per heavy atom. The molecule has 0 radical (unpaired) electrons. The Morgan fingerprint density at radius 3 is 2.43 bits per heavy atom. The summed E-state index contributed by atoms with van der Waals surface area (Å²) in [7, 11) is 1.77. The van der Waals surface area contributed by atoms with E-state index < -0.39 is 0 Å². The average molecular weight is 406 g/mol. The first kappa shape index (κ1) is 21.8. The maximum atomic E-state index is 12.6. The molecule has 0 unspecified atom stereocenters. The number of rotatable bonds is 5. The van der Waals surface area contributed by atoms with E-state index in [0.29, 0.717) is 16.5 Å². The maximum Gasteiger partial charge on any atom is 0.322 e. The minimum atomic E-state index is -0.368. The van der Waals surface area contributed by atoms with E-state index in [2.05, 4.69) is 36.5 Å². The lowest BCUT2D eigenvalue weighted by Crippen LogP contribution is -2.44. The Balaban J connectivity index is 2.06. The fourth-order valence-corrected chi connectivity index (χ4v) is 2.73. The van der Waals surface area contributed by atoms with Crippen LogP contribution in [0.15, 0.2) is 30.3 Å². The molecule has 0 bridgehead atoms. The monoisotopic (exact) mass is 405 g/mol. The Bertz CT molecular complexity index is 855. The molecule has 8 heteroatoms. The van der Waals surface area contributed by atoms with Gasteiger partial charge in [-0.2, -0.15) is 5.10 Å². The molecule has 0 atom stereocenters. The highest BCUT2D eigenvalue weighted by Gasteiger charge is 2.23. The molecule has 28 heavy (non-hydrogen) atoms. The van der Waals surface area contributed by atoms with Crippen molar-refractivity contribution in [2.24, 2.45) is 7.05 Å². The molecule has 0 aliphatic heterocycles. The molecule has 3 amide bonds. The second kappa shape index (κ2) is 8.65. The lowest BCUT2D eigenvalue weighted by Gasteiger charge is -2.26. The fraction of sp³-hybridized carbons (Fsp3) is 0.450. The van der Waals surface area contributed by atoms with Crippen LogP contribution in [0.5, 0.6) is 0 Å². The topological polar surface area (TPSA) is 79.3 Å². The minimum Gasteiger partial charge on any atom is -0.313 e. The molecule has 0 spiro atoms. The van der Waals surface area contributed by atoms with E-state index in [1.165, 1.54) is 4.90 Å². The number of hydrogen-bond acceptors (Lipinski definition) is 3. The number of anilines is 2. The van der Waals surface area contributed by atoms with Crippen molar-refractivity contribution in [3.63, 3.8) is 0 Å². The summed E-state index contributed by atoms with van der Waals surface area (Å²) in [4.78, 5) is 26.6. The number of urea groups is 1. The molecule has 1 heterocycles. The van der Waals surface area contributed by atoms with E-state index in [1.54, 1.807) is 36.0 Å². The molecule has 0 saturated heterocycles. The van der Waals surface area contributed by atoms with Gasteiger partial charge in [-0.25, -0.2) is 4.79 Å². The second-order valence-corrected chi connectivity index (χ2v) is 8.44. The zero-order valence-electron chi connectivity index (χ0n) is 17.2. The summed E-state index contributed by atoms with van der Waals surface area (Å²) in [5.74, 6) is 0.298. The Labute approximate surface area is 171 Å². The molecule has 1 aromatic heterocycles. The van der Waals surface area contributed by atoms with Crippen molar-refractivity contribution in [1.82, 2.24) is 14.7 Å². The summed E-state index contributed by atoms with van der Waals surface area (Å²) in [6.07, 6.45) is 0. The van der Waals surface area contributed by atoms with Crippen molar-refractivity contribution in [2.75, 3.05) is 17.2 Å². The first-order chi connectivity index (χ1) is 13.0. The zero-order valence-corrected chi connectivity index (χ0v) is 18.0. The van der Waals surface area contributed by atoms with Crippen molar-refractivity contribution in [2.45, 2.75) is 46.1 Å². The summed E-state index contributed by atoms with van der Waals surface area (Å²) < 4.78 is 1.63. The van der Waals surface area contributed by atoms with E-state index in [9.17, 15) is 9.59 Å². The number of nitrogens with one attached hydrogen (secondary N) is 2. The van der Waals surface area contributed by atoms with Crippen LogP contribution < -0.4 is 10.6 Å². The van der Waals surface area contributed by atoms with Crippen LogP contribution in [0.4, 0.5) is 16.3 Å². The summed E-state index contributed by atoms with van der Waals surface area (Å²) in [5, 5.41) is 10.6. The largest absolute Gasteiger partial charge is 0.322 e. The highest BCUT2D eigenvalue weighted by Crippen LogP contribution is 2.23. The number of carbonyl (C=O) groups excluding carboxylic acids is 2. The highest BCUT2D eigenvalue weighted by molar-refractivity contribution is 6.30. The van der Waals surface area contributed by atoms with Crippen molar-refractivity contribution in [3.05, 3.63) is 41.0 Å². The lowest BCUT2D eigenvalue weighted by molar-refractivity contribution is -0.117. The third-order valence-electron chi connectivity index (χ3n) is 4.19. The molecule has 2 aromatic rings. The van der Waals surface area contributed by atoms with Crippen LogP contribution in [-0.4, -0.2) is 39.2 Å². The SMILES string of the molecule is CC(C)N(CC(=O)Nc1cc(C(C)(C)C)nn1C)C(=O)Nc1cccc(Cl)c1. The van der Waals surface area contributed by atoms with E-state index in [-0.39, 0.29) is 29.9 Å². The van der Waals surface area contributed by atoms with Gasteiger partial charge in [0.15, 0.2) is 0 Å². The van der Waals surface area contributed by atoms with Crippen LogP contribution in [0.3, 0.4) is 0 Å². The Kier molecular flexibility index (Phi) is 6.72. The molecule has 0 aliphatic carbocycles. The summed E-state index contributed by atoms with van der Waals surface area (Å²) in [6.45, 7) is 9.80. The standard InChI is InChI=1S/C20H28ClN5O2/c1-13(2)26(19(28)22-15-9-7-8-14(21)10-15)12-18(27)23-17-11-16(20(3,4)5)24-25(17)6/h7-11,13H,12H2,1-6H3,(H,22,28)(H,23,27). The maximum absolute atomic E-state index is 12.6. The molecule has 2 N–H and O–H groups in total. The minimum absolute atomic E-state index is 0.0832. The van der Waals surface area contributed by atoms with Crippen molar-refractivity contribution < 1.29 is 9.59 Å². The number of aryl methyl sites for hydroxylation is 1. The summed E-state index contributed by atoms with van der Waals surface area (Å²) >= 11 is 5.96. The van der Waals surface area contributed by atoms with Crippen molar-refractivity contribution in [1.29, 1.82) is 0 Å². The van der Waals surface area contributed by atoms with Crippen LogP contribution in [-0.2, 0) is 17.3 Å². The van der Waals surface area contributed by atoms with E-state index in [1.807, 2.05) is 19.9 Å². The van der Waals surface area contributed by atoms with Gasteiger partial charge in [-0.3, -0.25) is 9.48 Å². The van der Waals surface area contributed by atoms with E-state index in [4.69, 9.17) is 11.6 Å². The van der Waals surface area contributed by atoms with Gasteiger partial charge in [-0.15, -0.1) is 0 Å². The molecule has 152 valence electrons. The summed E-state index contributed by atoms with van der Waals surface area (Å²) in [5.41, 5.74) is 1.33. The molecule has 2 rings (SSSR count). The third-order valence-corrected chi connectivity index (χ3v) is 4.42. The van der Waals surface area contributed by atoms with Crippen LogP contribution >= 0.6 is 11.6 Å². The van der Waals surface area contributed by atoms with Gasteiger partial charge in [0, 0.05) is 35.3 Å². The molecule has 1 aromatic carbocycles. The van der Waals surface area contributed by atoms with E-state index in [0.717, 1.165) is 5.69 Å². The van der Waals surface area contributed by atoms with E-state index >= 15 is 0 Å². The van der Waals surface area contributed by atoms with Gasteiger partial charge in [-0.05, 0) is 32.0 Å². The number of halogens is 1. The number of benzene rings is 1. The van der Waals surface area contributed by atoms with Gasteiger partial charge in [0.1, 0.15) is 12.4 Å². The first-order valence-corrected chi connectivity index (χ1v) is 9.52. The average Bonchev–Trinajstić information content (AvgIpc) is 2.93. The fourth-order valence-electron chi connectivity index (χ4n) is 2.54. The van der Waals surface area contributed by atoms with Crippen LogP contribution in [0.1, 0.15) is 40.3 Å². The highest BCUT2D eigenvalue weighted by atomic mass is 35.5. The number of amides is 3. The Morgan fingerprint density at radius 2 is 1.89 bits per heavy atom. The normalized spacial score (nSPS) is 11.4. The number of carbonyl (C=O) groups is 2. The molecule has 0 saturated carbocycles. The van der Waals surface area contributed by atoms with Crippen molar-refractivity contribution >= 4 is 35.0 Å². The van der Waals surface area contributed by atoms with Gasteiger partial charge < -0.3 is 15.5 Å². The number of aromatic nitrogens is 2. The molecule has 0 fully saturated rings. The molecule has 0 aliphatic rings. The van der Waals surface area contributed by atoms with Gasteiger partial charge in [0.05, 0.1) is 5.69 Å². The van der Waals surface area contributed by atoms with Gasteiger partial charge in [-0.1, -0.05) is 38.4 Å². The lowest BCUT2D eigenvalue weighted by atomic mass is 9.92. The molecular weight excluding hydrogens is 378 g/mol. The van der Waals surface area contributed by atoms with Crippen LogP contribution in [0.25, 0.3) is 0 Å². The molecule has 7 nitrogen and oxygen atoms in total. The van der Waals surface area contributed by atoms with Gasteiger partial charge in [0.2, 0.25) is 5.91 Å². The van der Waals surface area contributed by atoms with Crippen LogP contribution in [0, 0.1) is 0 Å². The summed E-state index contributed by atoms with van der Waals surface area (Å²) in [6, 6.07) is 8.19. The zero-order chi connectivity index (χ0) is 21.1. The molecular formula is C20H28ClN5O2. The van der Waals surface area contributed by atoms with Crippen LogP contribution in [0.2, 0.25) is 5.02 Å². The number of hydrogen-bond donors (Lipinski definition) is 2. The quantitative estimate of drug-likeness (QED) is 0.780.